The SMILES string of the molecule is C[C@H](Nc1nc(Cl)nc(Cl)c1F)c1ccc(F)cn1.Fc1c(Cl)nc(Cl)nc1Cl. The van der Waals surface area contributed by atoms with Crippen molar-refractivity contribution in [2.24, 2.45) is 0 Å². The van der Waals surface area contributed by atoms with Crippen molar-refractivity contribution in [2.45, 2.75) is 13.0 Å². The Bertz CT molecular complexity index is 985. The van der Waals surface area contributed by atoms with Crippen LogP contribution in [0.15, 0.2) is 18.3 Å². The zero-order valence-corrected chi connectivity index (χ0v) is 17.8. The zero-order chi connectivity index (χ0) is 21.7. The molecule has 3 heterocycles. The zero-order valence-electron chi connectivity index (χ0n) is 14.1. The summed E-state index contributed by atoms with van der Waals surface area (Å²) in [6.07, 6.45) is 1.07. The highest BCUT2D eigenvalue weighted by Gasteiger charge is 2.15. The Kier molecular flexibility index (Phi) is 8.47. The molecule has 0 aliphatic heterocycles. The van der Waals surface area contributed by atoms with Gasteiger partial charge in [0.05, 0.1) is 17.9 Å². The lowest BCUT2D eigenvalue weighted by atomic mass is 10.2. The standard InChI is InChI=1S/C11H8Cl2F2N4.C4Cl3FN2/c1-5(7-3-2-6(14)4-16-7)17-10-8(15)9(12)18-11(13)19-10;5-2-1(8)3(6)10-4(7)9-2/h2-5H,1H3,(H,17,18,19);/t5-;/m0./s1. The van der Waals surface area contributed by atoms with Crippen LogP contribution in [0.2, 0.25) is 26.0 Å². The average Bonchev–Trinajstić information content (AvgIpc) is 2.64. The molecule has 0 aliphatic carbocycles. The van der Waals surface area contributed by atoms with Gasteiger partial charge in [-0.15, -0.1) is 0 Å². The number of nitrogens with one attached hydrogen (secondary N) is 1. The summed E-state index contributed by atoms with van der Waals surface area (Å²) < 4.78 is 38.9. The molecule has 0 radical (unpaired) electrons. The monoisotopic (exact) mass is 504 g/mol. The van der Waals surface area contributed by atoms with Crippen molar-refractivity contribution in [1.82, 2.24) is 24.9 Å². The molecule has 3 aromatic heterocycles. The largest absolute Gasteiger partial charge is 0.359 e. The second-order valence-electron chi connectivity index (χ2n) is 5.10. The summed E-state index contributed by atoms with van der Waals surface area (Å²) in [6, 6.07) is 2.34. The van der Waals surface area contributed by atoms with Gasteiger partial charge in [-0.25, -0.2) is 23.7 Å². The van der Waals surface area contributed by atoms with E-state index in [0.717, 1.165) is 6.20 Å². The molecule has 0 saturated carbocycles. The molecule has 3 rings (SSSR count). The van der Waals surface area contributed by atoms with Crippen molar-refractivity contribution in [3.05, 3.63) is 67.5 Å². The first-order chi connectivity index (χ1) is 13.6. The predicted molar refractivity (Wildman–Crippen MR) is 105 cm³/mol. The molecule has 0 aliphatic rings. The van der Waals surface area contributed by atoms with Gasteiger partial charge in [-0.3, -0.25) is 4.98 Å². The summed E-state index contributed by atoms with van der Waals surface area (Å²) in [5.74, 6) is -2.24. The van der Waals surface area contributed by atoms with Crippen LogP contribution in [0.25, 0.3) is 0 Å². The van der Waals surface area contributed by atoms with Crippen molar-refractivity contribution in [1.29, 1.82) is 0 Å². The number of aromatic nitrogens is 5. The minimum Gasteiger partial charge on any atom is -0.359 e. The molecule has 0 spiro atoms. The molecule has 6 nitrogen and oxygen atoms in total. The van der Waals surface area contributed by atoms with Crippen LogP contribution in [0.5, 0.6) is 0 Å². The molecule has 0 fully saturated rings. The van der Waals surface area contributed by atoms with Crippen LogP contribution in [0.1, 0.15) is 18.7 Å². The third-order valence-corrected chi connectivity index (χ3v) is 4.16. The number of hydrogen-bond acceptors (Lipinski definition) is 6. The number of pyridine rings is 1. The van der Waals surface area contributed by atoms with Gasteiger partial charge >= 0.3 is 0 Å². The lowest BCUT2D eigenvalue weighted by Crippen LogP contribution is -2.12. The first-order valence-electron chi connectivity index (χ1n) is 7.39. The molecular weight excluding hydrogens is 498 g/mol. The molecule has 14 heteroatoms. The van der Waals surface area contributed by atoms with Crippen LogP contribution in [0.4, 0.5) is 19.0 Å². The van der Waals surface area contributed by atoms with E-state index < -0.39 is 23.5 Å². The second-order valence-corrected chi connectivity index (χ2v) is 6.85. The summed E-state index contributed by atoms with van der Waals surface area (Å²) >= 11 is 26.9. The van der Waals surface area contributed by atoms with Gasteiger partial charge in [0, 0.05) is 0 Å². The number of rotatable bonds is 3. The average molecular weight is 507 g/mol. The molecule has 0 unspecified atom stereocenters. The lowest BCUT2D eigenvalue weighted by molar-refractivity contribution is 0.609. The predicted octanol–water partition coefficient (Wildman–Crippen LogP) is 6.21. The topological polar surface area (TPSA) is 76.5 Å². The maximum atomic E-state index is 13.7. The van der Waals surface area contributed by atoms with Crippen LogP contribution < -0.4 is 5.32 Å². The van der Waals surface area contributed by atoms with E-state index in [1.165, 1.54) is 12.1 Å². The van der Waals surface area contributed by atoms with E-state index in [1.807, 2.05) is 0 Å². The van der Waals surface area contributed by atoms with Gasteiger partial charge in [0.2, 0.25) is 16.4 Å². The Morgan fingerprint density at radius 1 is 0.793 bits per heavy atom. The first kappa shape index (κ1) is 23.6. The molecule has 1 N–H and O–H groups in total. The Morgan fingerprint density at radius 2 is 1.31 bits per heavy atom. The molecule has 154 valence electrons. The van der Waals surface area contributed by atoms with E-state index in [4.69, 9.17) is 58.0 Å². The van der Waals surface area contributed by atoms with Crippen molar-refractivity contribution in [2.75, 3.05) is 5.32 Å². The highest BCUT2D eigenvalue weighted by Crippen LogP contribution is 2.24. The maximum absolute atomic E-state index is 13.7. The second kappa shape index (κ2) is 10.4. The van der Waals surface area contributed by atoms with Crippen LogP contribution >= 0.6 is 58.0 Å². The van der Waals surface area contributed by atoms with E-state index in [1.54, 1.807) is 6.92 Å². The van der Waals surface area contributed by atoms with Crippen LogP contribution in [0, 0.1) is 17.5 Å². The molecule has 29 heavy (non-hydrogen) atoms. The van der Waals surface area contributed by atoms with Gasteiger partial charge in [0.25, 0.3) is 0 Å². The van der Waals surface area contributed by atoms with Crippen molar-refractivity contribution in [3.63, 3.8) is 0 Å². The molecule has 3 aromatic rings. The Labute approximate surface area is 187 Å². The maximum Gasteiger partial charge on any atom is 0.225 e. The van der Waals surface area contributed by atoms with E-state index in [0.29, 0.717) is 5.69 Å². The third kappa shape index (κ3) is 6.68. The minimum absolute atomic E-state index is 0.136. The molecular formula is C15H8Cl5F3N6. The van der Waals surface area contributed by atoms with Gasteiger partial charge in [0.1, 0.15) is 5.82 Å². The van der Waals surface area contributed by atoms with E-state index in [-0.39, 0.29) is 31.8 Å². The summed E-state index contributed by atoms with van der Waals surface area (Å²) in [7, 11) is 0. The van der Waals surface area contributed by atoms with E-state index in [9.17, 15) is 13.2 Å². The molecule has 0 amide bonds. The number of anilines is 1. The summed E-state index contributed by atoms with van der Waals surface area (Å²) in [4.78, 5) is 17.6. The Hall–Kier alpha value is -1.65. The Morgan fingerprint density at radius 3 is 1.83 bits per heavy atom. The quantitative estimate of drug-likeness (QED) is 0.336. The summed E-state index contributed by atoms with van der Waals surface area (Å²) in [5.41, 5.74) is 0.520. The fraction of sp³-hybridized carbons (Fsp3) is 0.133. The van der Waals surface area contributed by atoms with Crippen LogP contribution in [0.3, 0.4) is 0 Å². The van der Waals surface area contributed by atoms with E-state index in [2.05, 4.69) is 30.2 Å². The van der Waals surface area contributed by atoms with Gasteiger partial charge in [-0.2, -0.15) is 9.37 Å². The minimum atomic E-state index is -0.854. The van der Waals surface area contributed by atoms with Crippen molar-refractivity contribution in [3.8, 4) is 0 Å². The van der Waals surface area contributed by atoms with Gasteiger partial charge < -0.3 is 5.32 Å². The number of halogens is 8. The number of hydrogen-bond donors (Lipinski definition) is 1. The first-order valence-corrected chi connectivity index (χ1v) is 9.28. The normalized spacial score (nSPS) is 11.5. The summed E-state index contributed by atoms with van der Waals surface area (Å²) in [6.45, 7) is 1.71. The summed E-state index contributed by atoms with van der Waals surface area (Å²) in [5, 5.41) is 1.29. The van der Waals surface area contributed by atoms with Crippen molar-refractivity contribution >= 4 is 63.8 Å². The van der Waals surface area contributed by atoms with Gasteiger partial charge in [-0.05, 0) is 42.3 Å². The molecule has 1 atom stereocenters. The van der Waals surface area contributed by atoms with Crippen molar-refractivity contribution < 1.29 is 13.2 Å². The highest BCUT2D eigenvalue weighted by molar-refractivity contribution is 6.35. The lowest BCUT2D eigenvalue weighted by Gasteiger charge is -2.14. The fourth-order valence-electron chi connectivity index (χ4n) is 1.78. The molecule has 0 bridgehead atoms. The highest BCUT2D eigenvalue weighted by atomic mass is 35.5. The van der Waals surface area contributed by atoms with Gasteiger partial charge in [0.15, 0.2) is 27.1 Å². The molecule has 0 aromatic carbocycles. The smallest absolute Gasteiger partial charge is 0.225 e. The van der Waals surface area contributed by atoms with Gasteiger partial charge in [-0.1, -0.05) is 34.8 Å². The Balaban J connectivity index is 0.000000253. The fourth-order valence-corrected chi connectivity index (χ4v) is 2.81. The molecule has 0 saturated heterocycles. The third-order valence-electron chi connectivity index (χ3n) is 3.07. The van der Waals surface area contributed by atoms with Crippen LogP contribution in [-0.4, -0.2) is 24.9 Å². The van der Waals surface area contributed by atoms with E-state index >= 15 is 0 Å². The van der Waals surface area contributed by atoms with Crippen LogP contribution in [-0.2, 0) is 0 Å². The number of nitrogens with zero attached hydrogens (tertiary/aromatic N) is 5.